The largest absolute Gasteiger partial charge is 0.361 e. The number of aromatic amines is 1. The van der Waals surface area contributed by atoms with Crippen molar-refractivity contribution in [2.24, 2.45) is 0 Å². The van der Waals surface area contributed by atoms with E-state index in [1.54, 1.807) is 43.3 Å². The second-order valence-electron chi connectivity index (χ2n) is 8.34. The van der Waals surface area contributed by atoms with Crippen LogP contribution in [0, 0.1) is 13.8 Å². The third-order valence-electron chi connectivity index (χ3n) is 6.09. The van der Waals surface area contributed by atoms with Gasteiger partial charge in [-0.05, 0) is 50.5 Å². The predicted octanol–water partition coefficient (Wildman–Crippen LogP) is 2.86. The highest BCUT2D eigenvalue weighted by Crippen LogP contribution is 2.34. The number of nitrogens with zero attached hydrogens (tertiary/aromatic N) is 2. The molecule has 2 aliphatic rings. The molecule has 3 heterocycles. The van der Waals surface area contributed by atoms with Gasteiger partial charge in [-0.3, -0.25) is 9.80 Å². The van der Waals surface area contributed by atoms with Gasteiger partial charge in [-0.15, -0.1) is 0 Å². The molecular weight excluding hydrogens is 430 g/mol. The zero-order valence-corrected chi connectivity index (χ0v) is 18.8. The van der Waals surface area contributed by atoms with Crippen LogP contribution in [0.25, 0.3) is 22.0 Å². The number of hydrazine groups is 1. The molecule has 1 aliphatic heterocycles. The first-order valence-electron chi connectivity index (χ1n) is 10.7. The molecule has 3 aromatic rings. The number of sulfonamides is 1. The van der Waals surface area contributed by atoms with Gasteiger partial charge in [0.05, 0.1) is 16.1 Å². The third kappa shape index (κ3) is 3.64. The van der Waals surface area contributed by atoms with Crippen molar-refractivity contribution < 1.29 is 12.9 Å². The lowest BCUT2D eigenvalue weighted by molar-refractivity contribution is 0.393. The molecule has 0 spiro atoms. The van der Waals surface area contributed by atoms with Crippen LogP contribution in [0.5, 0.6) is 0 Å². The van der Waals surface area contributed by atoms with Gasteiger partial charge in [0.25, 0.3) is 5.56 Å². The van der Waals surface area contributed by atoms with E-state index in [1.807, 2.05) is 6.08 Å². The van der Waals surface area contributed by atoms with E-state index in [0.29, 0.717) is 40.2 Å². The van der Waals surface area contributed by atoms with E-state index < -0.39 is 10.0 Å². The molecule has 168 valence electrons. The minimum atomic E-state index is -3.84. The summed E-state index contributed by atoms with van der Waals surface area (Å²) in [6, 6.07) is 4.95. The lowest BCUT2D eigenvalue weighted by atomic mass is 10.0. The Hall–Kier alpha value is -2.95. The first-order chi connectivity index (χ1) is 15.3. The number of anilines is 1. The van der Waals surface area contributed by atoms with Gasteiger partial charge in [0.15, 0.2) is 0 Å². The van der Waals surface area contributed by atoms with Gasteiger partial charge in [0, 0.05) is 29.7 Å². The molecule has 0 atom stereocenters. The van der Waals surface area contributed by atoms with E-state index in [2.05, 4.69) is 20.3 Å². The summed E-state index contributed by atoms with van der Waals surface area (Å²) in [5, 5.41) is 6.04. The minimum absolute atomic E-state index is 0.0804. The summed E-state index contributed by atoms with van der Waals surface area (Å²) in [6.07, 6.45) is 7.30. The van der Waals surface area contributed by atoms with Crippen molar-refractivity contribution in [3.05, 3.63) is 52.3 Å². The average molecular weight is 456 g/mol. The number of rotatable bonds is 5. The lowest BCUT2D eigenvalue weighted by Crippen LogP contribution is -2.34. The number of aryl methyl sites for hydroxylation is 2. The zero-order valence-electron chi connectivity index (χ0n) is 17.9. The van der Waals surface area contributed by atoms with Crippen LogP contribution >= 0.6 is 0 Å². The second-order valence-corrected chi connectivity index (χ2v) is 10.0. The van der Waals surface area contributed by atoms with Crippen LogP contribution in [-0.2, 0) is 10.0 Å². The number of aromatic nitrogens is 2. The first kappa shape index (κ1) is 20.9. The Kier molecular flexibility index (Phi) is 5.15. The van der Waals surface area contributed by atoms with Crippen molar-refractivity contribution >= 4 is 26.6 Å². The van der Waals surface area contributed by atoms with Crippen molar-refractivity contribution in [1.29, 1.82) is 0 Å². The average Bonchev–Trinajstić information content (AvgIpc) is 3.50. The Morgan fingerprint density at radius 3 is 2.62 bits per heavy atom. The first-order valence-corrected chi connectivity index (χ1v) is 12.2. The molecule has 2 aromatic heterocycles. The molecule has 5 rings (SSSR count). The van der Waals surface area contributed by atoms with Crippen LogP contribution in [0.4, 0.5) is 5.69 Å². The van der Waals surface area contributed by atoms with Gasteiger partial charge < -0.3 is 9.51 Å². The summed E-state index contributed by atoms with van der Waals surface area (Å²) >= 11 is 0. The van der Waals surface area contributed by atoms with Crippen molar-refractivity contribution in [3.63, 3.8) is 0 Å². The Balaban J connectivity index is 1.74. The second kappa shape index (κ2) is 7.88. The number of hydrogen-bond donors (Lipinski definition) is 3. The Morgan fingerprint density at radius 1 is 1.19 bits per heavy atom. The lowest BCUT2D eigenvalue weighted by Gasteiger charge is -2.18. The Morgan fingerprint density at radius 2 is 1.97 bits per heavy atom. The topological polar surface area (TPSA) is 120 Å². The van der Waals surface area contributed by atoms with Crippen LogP contribution in [0.2, 0.25) is 0 Å². The number of nitrogens with one attached hydrogen (secondary N) is 3. The minimum Gasteiger partial charge on any atom is -0.361 e. The number of pyridine rings is 1. The van der Waals surface area contributed by atoms with Crippen molar-refractivity contribution in [2.75, 3.05) is 11.6 Å². The van der Waals surface area contributed by atoms with Crippen LogP contribution < -0.4 is 20.7 Å². The maximum absolute atomic E-state index is 13.5. The number of benzene rings is 1. The van der Waals surface area contributed by atoms with Crippen molar-refractivity contribution in [3.8, 4) is 11.1 Å². The van der Waals surface area contributed by atoms with E-state index in [1.165, 1.54) is 0 Å². The molecule has 10 heteroatoms. The van der Waals surface area contributed by atoms with E-state index in [9.17, 15) is 13.2 Å². The molecule has 1 aliphatic carbocycles. The summed E-state index contributed by atoms with van der Waals surface area (Å²) in [5.41, 5.74) is 5.51. The maximum atomic E-state index is 13.5. The molecule has 0 radical (unpaired) electrons. The van der Waals surface area contributed by atoms with Crippen LogP contribution in [0.1, 0.15) is 37.1 Å². The summed E-state index contributed by atoms with van der Waals surface area (Å²) in [6.45, 7) is 4.18. The van der Waals surface area contributed by atoms with E-state index in [0.717, 1.165) is 31.2 Å². The predicted molar refractivity (Wildman–Crippen MR) is 122 cm³/mol. The molecule has 0 amide bonds. The fraction of sp³-hybridized carbons (Fsp3) is 0.364. The maximum Gasteiger partial charge on any atom is 0.273 e. The number of hydrogen-bond acceptors (Lipinski definition) is 7. The normalized spacial score (nSPS) is 17.1. The van der Waals surface area contributed by atoms with Gasteiger partial charge in [0.1, 0.15) is 11.4 Å². The summed E-state index contributed by atoms with van der Waals surface area (Å²) < 4.78 is 35.2. The van der Waals surface area contributed by atoms with E-state index in [4.69, 9.17) is 4.52 Å². The van der Waals surface area contributed by atoms with E-state index in [-0.39, 0.29) is 16.5 Å². The highest BCUT2D eigenvalue weighted by Gasteiger charge is 2.27. The smallest absolute Gasteiger partial charge is 0.273 e. The molecule has 0 saturated heterocycles. The molecule has 1 fully saturated rings. The van der Waals surface area contributed by atoms with E-state index >= 15 is 0 Å². The Labute approximate surface area is 185 Å². The van der Waals surface area contributed by atoms with Crippen LogP contribution in [-0.4, -0.2) is 31.1 Å². The standard InChI is InChI=1S/C22H25N5O4S/c1-13-21(14(2)31-25-13)15-10-18-17(12-19(22(28)24-18)27-9-5-8-23-27)20(11-15)32(29,30)26-16-6-3-4-7-16/h5,9-12,16,23,26H,3-4,6-8H2,1-2H3,(H,24,28). The SMILES string of the molecule is Cc1noc(C)c1-c1cc(S(=O)(=O)NC2CCCC2)c2cc(N3C=CCN3)c(=O)[nH]c2c1. The summed E-state index contributed by atoms with van der Waals surface area (Å²) in [5.74, 6) is 0.583. The molecule has 1 aromatic carbocycles. The highest BCUT2D eigenvalue weighted by molar-refractivity contribution is 7.89. The van der Waals surface area contributed by atoms with Gasteiger partial charge in [-0.25, -0.2) is 18.6 Å². The molecule has 3 N–H and O–H groups in total. The quantitative estimate of drug-likeness (QED) is 0.541. The van der Waals surface area contributed by atoms with Crippen LogP contribution in [0.3, 0.4) is 0 Å². The fourth-order valence-corrected chi connectivity index (χ4v) is 6.10. The summed E-state index contributed by atoms with van der Waals surface area (Å²) in [4.78, 5) is 15.8. The van der Waals surface area contributed by atoms with Crippen molar-refractivity contribution in [2.45, 2.75) is 50.5 Å². The molecule has 1 saturated carbocycles. The Bertz CT molecular complexity index is 1360. The van der Waals surface area contributed by atoms with Gasteiger partial charge >= 0.3 is 0 Å². The zero-order chi connectivity index (χ0) is 22.5. The molecular formula is C22H25N5O4S. The van der Waals surface area contributed by atoms with Gasteiger partial charge in [-0.2, -0.15) is 0 Å². The highest BCUT2D eigenvalue weighted by atomic mass is 32.2. The molecule has 0 unspecified atom stereocenters. The molecule has 0 bridgehead atoms. The molecule has 9 nitrogen and oxygen atoms in total. The van der Waals surface area contributed by atoms with Gasteiger partial charge in [-0.1, -0.05) is 24.1 Å². The van der Waals surface area contributed by atoms with Crippen molar-refractivity contribution in [1.82, 2.24) is 20.3 Å². The summed E-state index contributed by atoms with van der Waals surface area (Å²) in [7, 11) is -3.84. The molecule has 32 heavy (non-hydrogen) atoms. The fourth-order valence-electron chi connectivity index (χ4n) is 4.56. The van der Waals surface area contributed by atoms with Crippen LogP contribution in [0.15, 0.2) is 44.7 Å². The van der Waals surface area contributed by atoms with Gasteiger partial charge in [0.2, 0.25) is 10.0 Å². The number of H-pyrrole nitrogens is 1. The monoisotopic (exact) mass is 455 g/mol. The third-order valence-corrected chi connectivity index (χ3v) is 7.65. The number of fused-ring (bicyclic) bond motifs is 1.